The molecule has 16 heavy (non-hydrogen) atoms. The highest BCUT2D eigenvalue weighted by atomic mass is 32.2. The molecule has 0 radical (unpaired) electrons. The van der Waals surface area contributed by atoms with Crippen molar-refractivity contribution in [3.8, 4) is 0 Å². The molecule has 0 saturated carbocycles. The molecule has 0 heterocycles. The van der Waals surface area contributed by atoms with Crippen LogP contribution in [-0.2, 0) is 0 Å². The van der Waals surface area contributed by atoms with Crippen LogP contribution in [0, 0.1) is 0 Å². The number of urea groups is 1. The maximum absolute atomic E-state index is 11.5. The Balaban J connectivity index is 3.74. The van der Waals surface area contributed by atoms with Crippen LogP contribution in [0.3, 0.4) is 0 Å². The number of thioether (sulfide) groups is 1. The number of carbonyl (C=O) groups excluding carboxylic acids is 1. The minimum absolute atomic E-state index is 0.0612. The molecule has 0 spiro atoms. The first-order valence-electron chi connectivity index (χ1n) is 5.61. The molecule has 0 aliphatic carbocycles. The third-order valence-electron chi connectivity index (χ3n) is 2.40. The molecule has 0 bridgehead atoms. The molecule has 1 unspecified atom stereocenters. The van der Waals surface area contributed by atoms with Crippen LogP contribution in [0.25, 0.3) is 0 Å². The summed E-state index contributed by atoms with van der Waals surface area (Å²) in [4.78, 5) is 11.5. The van der Waals surface area contributed by atoms with Gasteiger partial charge >= 0.3 is 6.03 Å². The number of hydrogen-bond donors (Lipinski definition) is 3. The van der Waals surface area contributed by atoms with E-state index in [1.807, 2.05) is 13.2 Å². The van der Waals surface area contributed by atoms with E-state index >= 15 is 0 Å². The molecule has 0 aromatic rings. The van der Waals surface area contributed by atoms with Gasteiger partial charge < -0.3 is 15.7 Å². The number of carbonyl (C=O) groups is 1. The summed E-state index contributed by atoms with van der Waals surface area (Å²) in [5, 5.41) is 14.3. The van der Waals surface area contributed by atoms with Crippen molar-refractivity contribution in [2.24, 2.45) is 0 Å². The molecule has 3 N–H and O–H groups in total. The Morgan fingerprint density at radius 3 is 2.62 bits per heavy atom. The van der Waals surface area contributed by atoms with Gasteiger partial charge in [-0.25, -0.2) is 4.79 Å². The van der Waals surface area contributed by atoms with E-state index in [0.717, 1.165) is 12.8 Å². The normalized spacial score (nSPS) is 13.3. The van der Waals surface area contributed by atoms with E-state index < -0.39 is 0 Å². The van der Waals surface area contributed by atoms with Crippen molar-refractivity contribution in [3.63, 3.8) is 0 Å². The third-order valence-corrected chi connectivity index (χ3v) is 3.65. The van der Waals surface area contributed by atoms with E-state index in [1.165, 1.54) is 0 Å². The standard InChI is InChI=1S/C11H24N2O2S/c1-9(6-5-7-14)13-10(15)12-8-11(2,3)16-4/h9,14H,5-8H2,1-4H3,(H2,12,13,15). The van der Waals surface area contributed by atoms with E-state index in [4.69, 9.17) is 5.11 Å². The molecule has 4 nitrogen and oxygen atoms in total. The fourth-order valence-corrected chi connectivity index (χ4v) is 1.33. The topological polar surface area (TPSA) is 61.4 Å². The zero-order valence-corrected chi connectivity index (χ0v) is 11.5. The monoisotopic (exact) mass is 248 g/mol. The molecule has 1 atom stereocenters. The van der Waals surface area contributed by atoms with Crippen molar-refractivity contribution < 1.29 is 9.90 Å². The van der Waals surface area contributed by atoms with E-state index in [9.17, 15) is 4.79 Å². The molecule has 5 heteroatoms. The first kappa shape index (κ1) is 15.6. The minimum Gasteiger partial charge on any atom is -0.396 e. The summed E-state index contributed by atoms with van der Waals surface area (Å²) < 4.78 is 0.0612. The Bertz CT molecular complexity index is 210. The Hall–Kier alpha value is -0.420. The van der Waals surface area contributed by atoms with Crippen LogP contribution < -0.4 is 10.6 Å². The van der Waals surface area contributed by atoms with Gasteiger partial charge in [-0.15, -0.1) is 0 Å². The van der Waals surface area contributed by atoms with Crippen LogP contribution in [0.4, 0.5) is 4.79 Å². The quantitative estimate of drug-likeness (QED) is 0.641. The number of amides is 2. The Kier molecular flexibility index (Phi) is 7.58. The first-order valence-corrected chi connectivity index (χ1v) is 6.84. The van der Waals surface area contributed by atoms with Crippen molar-refractivity contribution in [2.45, 2.75) is 44.4 Å². The van der Waals surface area contributed by atoms with Crippen molar-refractivity contribution in [1.29, 1.82) is 0 Å². The van der Waals surface area contributed by atoms with E-state index in [1.54, 1.807) is 11.8 Å². The fourth-order valence-electron chi connectivity index (χ4n) is 1.11. The lowest BCUT2D eigenvalue weighted by molar-refractivity contribution is 0.233. The summed E-state index contributed by atoms with van der Waals surface area (Å²) in [5.41, 5.74) is 0. The van der Waals surface area contributed by atoms with E-state index in [0.29, 0.717) is 6.54 Å². The van der Waals surface area contributed by atoms with Crippen LogP contribution in [0.2, 0.25) is 0 Å². The molecule has 0 rings (SSSR count). The van der Waals surface area contributed by atoms with Crippen molar-refractivity contribution in [2.75, 3.05) is 19.4 Å². The molecule has 0 aromatic heterocycles. The summed E-state index contributed by atoms with van der Waals surface area (Å²) in [7, 11) is 0. The Labute approximate surface area is 103 Å². The zero-order chi connectivity index (χ0) is 12.6. The molecule has 0 aliphatic rings. The lowest BCUT2D eigenvalue weighted by atomic mass is 10.2. The number of aliphatic hydroxyl groups is 1. The molecule has 2 amide bonds. The van der Waals surface area contributed by atoms with Crippen LogP contribution >= 0.6 is 11.8 Å². The average molecular weight is 248 g/mol. The fraction of sp³-hybridized carbons (Fsp3) is 0.909. The minimum atomic E-state index is -0.132. The summed E-state index contributed by atoms with van der Waals surface area (Å²) >= 11 is 1.73. The molecule has 0 aliphatic heterocycles. The Morgan fingerprint density at radius 2 is 2.12 bits per heavy atom. The summed E-state index contributed by atoms with van der Waals surface area (Å²) in [6.07, 6.45) is 3.55. The lowest BCUT2D eigenvalue weighted by Gasteiger charge is -2.23. The molecule has 96 valence electrons. The second-order valence-corrected chi connectivity index (χ2v) is 6.07. The highest BCUT2D eigenvalue weighted by molar-refractivity contribution is 7.99. The smallest absolute Gasteiger partial charge is 0.315 e. The number of hydrogen-bond acceptors (Lipinski definition) is 3. The summed E-state index contributed by atoms with van der Waals surface area (Å²) in [6, 6.07) is -0.0305. The summed E-state index contributed by atoms with van der Waals surface area (Å²) in [6.45, 7) is 6.94. The average Bonchev–Trinajstić information content (AvgIpc) is 2.24. The van der Waals surface area contributed by atoms with Gasteiger partial charge in [-0.1, -0.05) is 0 Å². The summed E-state index contributed by atoms with van der Waals surface area (Å²) in [5.74, 6) is 0. The maximum Gasteiger partial charge on any atom is 0.315 e. The van der Waals surface area contributed by atoms with Gasteiger partial charge in [0.2, 0.25) is 0 Å². The van der Waals surface area contributed by atoms with Gasteiger partial charge in [-0.3, -0.25) is 0 Å². The van der Waals surface area contributed by atoms with Crippen LogP contribution in [0.1, 0.15) is 33.6 Å². The predicted octanol–water partition coefficient (Wildman–Crippen LogP) is 1.59. The number of aliphatic hydroxyl groups excluding tert-OH is 1. The van der Waals surface area contributed by atoms with Crippen molar-refractivity contribution in [1.82, 2.24) is 10.6 Å². The predicted molar refractivity (Wildman–Crippen MR) is 69.9 cm³/mol. The van der Waals surface area contributed by atoms with Crippen LogP contribution in [-0.4, -0.2) is 41.3 Å². The molecule has 0 aromatic carbocycles. The number of rotatable bonds is 7. The Morgan fingerprint density at radius 1 is 1.50 bits per heavy atom. The second kappa shape index (κ2) is 7.79. The highest BCUT2D eigenvalue weighted by Gasteiger charge is 2.17. The molecule has 0 fully saturated rings. The lowest BCUT2D eigenvalue weighted by Crippen LogP contribution is -2.45. The van der Waals surface area contributed by atoms with Gasteiger partial charge in [0.05, 0.1) is 0 Å². The van der Waals surface area contributed by atoms with Gasteiger partial charge in [-0.05, 0) is 39.9 Å². The first-order chi connectivity index (χ1) is 7.41. The van der Waals surface area contributed by atoms with Gasteiger partial charge in [0.25, 0.3) is 0 Å². The maximum atomic E-state index is 11.5. The van der Waals surface area contributed by atoms with Crippen LogP contribution in [0.15, 0.2) is 0 Å². The third kappa shape index (κ3) is 7.82. The van der Waals surface area contributed by atoms with E-state index in [2.05, 4.69) is 24.5 Å². The van der Waals surface area contributed by atoms with Gasteiger partial charge in [0.15, 0.2) is 0 Å². The van der Waals surface area contributed by atoms with Gasteiger partial charge in [0, 0.05) is 23.9 Å². The SMILES string of the molecule is CSC(C)(C)CNC(=O)NC(C)CCCO. The highest BCUT2D eigenvalue weighted by Crippen LogP contribution is 2.19. The second-order valence-electron chi connectivity index (χ2n) is 4.56. The number of nitrogens with one attached hydrogen (secondary N) is 2. The van der Waals surface area contributed by atoms with E-state index in [-0.39, 0.29) is 23.4 Å². The molecular weight excluding hydrogens is 224 g/mol. The molecular formula is C11H24N2O2S. The van der Waals surface area contributed by atoms with Crippen molar-refractivity contribution in [3.05, 3.63) is 0 Å². The van der Waals surface area contributed by atoms with Gasteiger partial charge in [0.1, 0.15) is 0 Å². The molecule has 0 saturated heterocycles. The van der Waals surface area contributed by atoms with Gasteiger partial charge in [-0.2, -0.15) is 11.8 Å². The largest absolute Gasteiger partial charge is 0.396 e. The zero-order valence-electron chi connectivity index (χ0n) is 10.7. The van der Waals surface area contributed by atoms with Crippen molar-refractivity contribution >= 4 is 17.8 Å². The van der Waals surface area contributed by atoms with Crippen LogP contribution in [0.5, 0.6) is 0 Å².